The molecule has 1 heterocycles. The normalized spacial score (nSPS) is 26.4. The van der Waals surface area contributed by atoms with Crippen LogP contribution in [0.1, 0.15) is 26.7 Å². The average Bonchev–Trinajstić information content (AvgIpc) is 2.09. The molecular formula is C10H20ClNO2. The summed E-state index contributed by atoms with van der Waals surface area (Å²) < 4.78 is 4.93. The summed E-state index contributed by atoms with van der Waals surface area (Å²) in [4.78, 5) is 11.2. The highest BCUT2D eigenvalue weighted by Crippen LogP contribution is 2.22. The number of ether oxygens (including phenoxy) is 1. The van der Waals surface area contributed by atoms with E-state index in [0.717, 1.165) is 19.5 Å². The van der Waals surface area contributed by atoms with Gasteiger partial charge in [-0.1, -0.05) is 6.92 Å². The number of hydrogen-bond acceptors (Lipinski definition) is 3. The van der Waals surface area contributed by atoms with E-state index in [2.05, 4.69) is 12.2 Å². The molecule has 14 heavy (non-hydrogen) atoms. The van der Waals surface area contributed by atoms with Crippen LogP contribution in [-0.2, 0) is 9.53 Å². The minimum atomic E-state index is -0.0405. The van der Waals surface area contributed by atoms with Gasteiger partial charge < -0.3 is 10.1 Å². The smallest absolute Gasteiger partial charge is 0.306 e. The van der Waals surface area contributed by atoms with Crippen molar-refractivity contribution in [2.45, 2.75) is 26.7 Å². The monoisotopic (exact) mass is 221 g/mol. The van der Waals surface area contributed by atoms with Crippen LogP contribution in [0.25, 0.3) is 0 Å². The third-order valence-corrected chi connectivity index (χ3v) is 2.70. The number of rotatable bonds is 3. The van der Waals surface area contributed by atoms with E-state index in [1.165, 1.54) is 0 Å². The van der Waals surface area contributed by atoms with Crippen molar-refractivity contribution in [3.05, 3.63) is 0 Å². The van der Waals surface area contributed by atoms with E-state index in [0.29, 0.717) is 24.9 Å². The maximum absolute atomic E-state index is 11.2. The largest absolute Gasteiger partial charge is 0.466 e. The van der Waals surface area contributed by atoms with Crippen LogP contribution in [0.3, 0.4) is 0 Å². The highest BCUT2D eigenvalue weighted by atomic mass is 35.5. The molecule has 1 saturated heterocycles. The first-order chi connectivity index (χ1) is 6.24. The zero-order chi connectivity index (χ0) is 9.68. The van der Waals surface area contributed by atoms with Crippen molar-refractivity contribution < 1.29 is 9.53 Å². The van der Waals surface area contributed by atoms with Crippen molar-refractivity contribution in [1.29, 1.82) is 0 Å². The molecule has 0 radical (unpaired) electrons. The average molecular weight is 222 g/mol. The van der Waals surface area contributed by atoms with E-state index in [9.17, 15) is 4.79 Å². The molecule has 0 spiro atoms. The highest BCUT2D eigenvalue weighted by Gasteiger charge is 2.23. The molecule has 1 aliphatic heterocycles. The summed E-state index contributed by atoms with van der Waals surface area (Å²) in [5.41, 5.74) is 0. The van der Waals surface area contributed by atoms with E-state index in [1.54, 1.807) is 0 Å². The topological polar surface area (TPSA) is 38.3 Å². The molecule has 0 saturated carbocycles. The summed E-state index contributed by atoms with van der Waals surface area (Å²) in [7, 11) is 0. The van der Waals surface area contributed by atoms with E-state index in [1.807, 2.05) is 6.92 Å². The predicted molar refractivity (Wildman–Crippen MR) is 58.6 cm³/mol. The molecule has 3 nitrogen and oxygen atoms in total. The van der Waals surface area contributed by atoms with Crippen LogP contribution >= 0.6 is 12.4 Å². The van der Waals surface area contributed by atoms with Crippen molar-refractivity contribution in [3.8, 4) is 0 Å². The molecule has 0 aromatic rings. The molecule has 0 unspecified atom stereocenters. The van der Waals surface area contributed by atoms with E-state index >= 15 is 0 Å². The lowest BCUT2D eigenvalue weighted by Crippen LogP contribution is -2.36. The standard InChI is InChI=1S/C10H19NO2.ClH/c1-3-13-10(12)6-9-4-5-11-7-8(9)2;/h8-9,11H,3-7H2,1-2H3;1H/t8-,9-;/m0./s1. The number of halogens is 1. The molecule has 4 heteroatoms. The first-order valence-corrected chi connectivity index (χ1v) is 5.10. The second kappa shape index (κ2) is 7.07. The molecule has 0 amide bonds. The SMILES string of the molecule is CCOC(=O)C[C@@H]1CCNC[C@@H]1C.Cl. The molecule has 0 aliphatic carbocycles. The predicted octanol–water partition coefficient (Wildman–Crippen LogP) is 1.61. The molecule has 1 aliphatic rings. The van der Waals surface area contributed by atoms with Gasteiger partial charge in [0.15, 0.2) is 0 Å². The zero-order valence-electron chi connectivity index (χ0n) is 8.91. The third kappa shape index (κ3) is 4.29. The van der Waals surface area contributed by atoms with Gasteiger partial charge in [0.1, 0.15) is 0 Å². The molecule has 84 valence electrons. The van der Waals surface area contributed by atoms with Crippen molar-refractivity contribution in [2.24, 2.45) is 11.8 Å². The van der Waals surface area contributed by atoms with Gasteiger partial charge >= 0.3 is 5.97 Å². The number of esters is 1. The summed E-state index contributed by atoms with van der Waals surface area (Å²) in [5.74, 6) is 1.07. The van der Waals surface area contributed by atoms with Crippen molar-refractivity contribution in [1.82, 2.24) is 5.32 Å². The number of hydrogen-bond donors (Lipinski definition) is 1. The molecule has 1 N–H and O–H groups in total. The molecule has 1 fully saturated rings. The number of carbonyl (C=O) groups is 1. The second-order valence-corrected chi connectivity index (χ2v) is 3.74. The maximum atomic E-state index is 11.2. The Hall–Kier alpha value is -0.280. The van der Waals surface area contributed by atoms with Gasteiger partial charge in [-0.25, -0.2) is 0 Å². The van der Waals surface area contributed by atoms with Crippen molar-refractivity contribution >= 4 is 18.4 Å². The summed E-state index contributed by atoms with van der Waals surface area (Å²) in [6, 6.07) is 0. The van der Waals surface area contributed by atoms with Gasteiger partial charge in [-0.3, -0.25) is 4.79 Å². The van der Waals surface area contributed by atoms with Gasteiger partial charge in [-0.05, 0) is 38.3 Å². The summed E-state index contributed by atoms with van der Waals surface area (Å²) in [6.07, 6.45) is 1.69. The Labute approximate surface area is 92.0 Å². The summed E-state index contributed by atoms with van der Waals surface area (Å²) >= 11 is 0. The fourth-order valence-corrected chi connectivity index (χ4v) is 1.81. The Morgan fingerprint density at radius 3 is 2.86 bits per heavy atom. The van der Waals surface area contributed by atoms with Crippen LogP contribution in [0.4, 0.5) is 0 Å². The van der Waals surface area contributed by atoms with E-state index in [4.69, 9.17) is 4.74 Å². The van der Waals surface area contributed by atoms with Gasteiger partial charge in [0.25, 0.3) is 0 Å². The number of piperidine rings is 1. The fourth-order valence-electron chi connectivity index (χ4n) is 1.81. The minimum absolute atomic E-state index is 0. The molecule has 1 rings (SSSR count). The first-order valence-electron chi connectivity index (χ1n) is 5.10. The third-order valence-electron chi connectivity index (χ3n) is 2.70. The van der Waals surface area contributed by atoms with Gasteiger partial charge in [0.05, 0.1) is 6.61 Å². The Morgan fingerprint density at radius 1 is 1.57 bits per heavy atom. The van der Waals surface area contributed by atoms with Gasteiger partial charge in [0.2, 0.25) is 0 Å². The van der Waals surface area contributed by atoms with E-state index < -0.39 is 0 Å². The minimum Gasteiger partial charge on any atom is -0.466 e. The second-order valence-electron chi connectivity index (χ2n) is 3.74. The molecule has 0 bridgehead atoms. The Kier molecular flexibility index (Phi) is 6.93. The quantitative estimate of drug-likeness (QED) is 0.736. The molecule has 2 atom stereocenters. The number of carbonyl (C=O) groups excluding carboxylic acids is 1. The van der Waals surface area contributed by atoms with Crippen LogP contribution in [0.15, 0.2) is 0 Å². The van der Waals surface area contributed by atoms with Crippen LogP contribution in [0, 0.1) is 11.8 Å². The highest BCUT2D eigenvalue weighted by molar-refractivity contribution is 5.85. The van der Waals surface area contributed by atoms with E-state index in [-0.39, 0.29) is 18.4 Å². The molecule has 0 aromatic heterocycles. The number of nitrogens with one attached hydrogen (secondary N) is 1. The van der Waals surface area contributed by atoms with Gasteiger partial charge in [-0.15, -0.1) is 12.4 Å². The maximum Gasteiger partial charge on any atom is 0.306 e. The van der Waals surface area contributed by atoms with Crippen LogP contribution < -0.4 is 5.32 Å². The Bertz CT molecular complexity index is 176. The Balaban J connectivity index is 0.00000169. The van der Waals surface area contributed by atoms with Crippen molar-refractivity contribution in [3.63, 3.8) is 0 Å². The lowest BCUT2D eigenvalue weighted by atomic mass is 9.85. The van der Waals surface area contributed by atoms with Crippen LogP contribution in [-0.4, -0.2) is 25.7 Å². The lowest BCUT2D eigenvalue weighted by Gasteiger charge is -2.28. The first kappa shape index (κ1) is 13.7. The fraction of sp³-hybridized carbons (Fsp3) is 0.900. The van der Waals surface area contributed by atoms with Gasteiger partial charge in [0, 0.05) is 6.42 Å². The lowest BCUT2D eigenvalue weighted by molar-refractivity contribution is -0.144. The molecule has 0 aromatic carbocycles. The summed E-state index contributed by atoms with van der Waals surface area (Å²) in [6.45, 7) is 6.61. The van der Waals surface area contributed by atoms with Crippen LogP contribution in [0.2, 0.25) is 0 Å². The zero-order valence-corrected chi connectivity index (χ0v) is 9.73. The summed E-state index contributed by atoms with van der Waals surface area (Å²) in [5, 5.41) is 3.32. The van der Waals surface area contributed by atoms with Crippen LogP contribution in [0.5, 0.6) is 0 Å². The van der Waals surface area contributed by atoms with Crippen molar-refractivity contribution in [2.75, 3.05) is 19.7 Å². The molecular weight excluding hydrogens is 202 g/mol. The Morgan fingerprint density at radius 2 is 2.29 bits per heavy atom. The van der Waals surface area contributed by atoms with Gasteiger partial charge in [-0.2, -0.15) is 0 Å².